The maximum atomic E-state index is 4.74. The Hall–Kier alpha value is -5.38. The molecule has 0 spiro atoms. The van der Waals surface area contributed by atoms with Gasteiger partial charge in [0.25, 0.3) is 0 Å². The number of hydrogen-bond donors (Lipinski definition) is 0. The zero-order valence-electron chi connectivity index (χ0n) is 23.0. The molecule has 0 unspecified atom stereocenters. The quantitative estimate of drug-likeness (QED) is 0.196. The van der Waals surface area contributed by atoms with Crippen molar-refractivity contribution in [2.45, 2.75) is 0 Å². The van der Waals surface area contributed by atoms with Crippen molar-refractivity contribution in [3.05, 3.63) is 134 Å². The summed E-state index contributed by atoms with van der Waals surface area (Å²) in [6.07, 6.45) is 3.70. The minimum atomic E-state index is 0.946. The van der Waals surface area contributed by atoms with Crippen LogP contribution in [-0.4, -0.2) is 9.97 Å². The molecule has 0 saturated heterocycles. The van der Waals surface area contributed by atoms with Gasteiger partial charge in [-0.3, -0.25) is 9.97 Å². The highest BCUT2D eigenvalue weighted by molar-refractivity contribution is 7.25. The number of hydrogen-bond acceptors (Lipinski definition) is 3. The van der Waals surface area contributed by atoms with Crippen LogP contribution in [0.1, 0.15) is 0 Å². The summed E-state index contributed by atoms with van der Waals surface area (Å²) in [5.41, 5.74) is 6.81. The van der Waals surface area contributed by atoms with E-state index in [-0.39, 0.29) is 0 Å². The summed E-state index contributed by atoms with van der Waals surface area (Å²) in [6.45, 7) is 0. The molecule has 0 fully saturated rings. The molecule has 3 heterocycles. The van der Waals surface area contributed by atoms with Crippen molar-refractivity contribution in [3.63, 3.8) is 0 Å². The van der Waals surface area contributed by atoms with Gasteiger partial charge in [0.2, 0.25) is 0 Å². The summed E-state index contributed by atoms with van der Waals surface area (Å²) >= 11 is 1.86. The largest absolute Gasteiger partial charge is 0.254 e. The van der Waals surface area contributed by atoms with E-state index in [9.17, 15) is 0 Å². The summed E-state index contributed by atoms with van der Waals surface area (Å²) in [6, 6.07) is 44.7. The molecule has 2 nitrogen and oxygen atoms in total. The lowest BCUT2D eigenvalue weighted by Crippen LogP contribution is -1.88. The Bertz CT molecular complexity index is 2720. The van der Waals surface area contributed by atoms with E-state index >= 15 is 0 Å². The molecule has 0 atom stereocenters. The van der Waals surface area contributed by atoms with Gasteiger partial charge < -0.3 is 0 Å². The zero-order valence-corrected chi connectivity index (χ0v) is 23.8. The van der Waals surface area contributed by atoms with E-state index in [4.69, 9.17) is 4.98 Å². The van der Waals surface area contributed by atoms with Crippen LogP contribution < -0.4 is 0 Å². The molecular weight excluding hydrogens is 541 g/mol. The fraction of sp³-hybridized carbons (Fsp3) is 0. The smallest absolute Gasteiger partial charge is 0.0970 e. The molecule has 10 rings (SSSR count). The normalized spacial score (nSPS) is 12.2. The lowest BCUT2D eigenvalue weighted by molar-refractivity contribution is 1.37. The summed E-state index contributed by atoms with van der Waals surface area (Å²) in [5, 5.41) is 12.7. The van der Waals surface area contributed by atoms with Crippen molar-refractivity contribution in [3.8, 4) is 22.3 Å². The molecule has 0 radical (unpaired) electrons. The van der Waals surface area contributed by atoms with Gasteiger partial charge in [-0.05, 0) is 97.0 Å². The van der Waals surface area contributed by atoms with Crippen LogP contribution in [0.25, 0.3) is 96.5 Å². The molecule has 198 valence electrons. The number of thiophene rings is 1. The van der Waals surface area contributed by atoms with Crippen LogP contribution >= 0.6 is 11.3 Å². The fourth-order valence-corrected chi connectivity index (χ4v) is 8.18. The van der Waals surface area contributed by atoms with Gasteiger partial charge in [-0.25, -0.2) is 0 Å². The van der Waals surface area contributed by atoms with E-state index in [1.165, 1.54) is 74.7 Å². The van der Waals surface area contributed by atoms with Gasteiger partial charge in [0, 0.05) is 43.3 Å². The molecule has 0 aliphatic rings. The molecule has 0 amide bonds. The third-order valence-electron chi connectivity index (χ3n) is 9.08. The molecule has 3 heteroatoms. The highest BCUT2D eigenvalue weighted by Crippen LogP contribution is 2.43. The molecule has 0 saturated carbocycles. The Labute approximate surface area is 250 Å². The van der Waals surface area contributed by atoms with Crippen molar-refractivity contribution in [1.82, 2.24) is 9.97 Å². The molecule has 10 aromatic rings. The highest BCUT2D eigenvalue weighted by atomic mass is 32.1. The van der Waals surface area contributed by atoms with Crippen LogP contribution in [0.4, 0.5) is 0 Å². The molecule has 0 bridgehead atoms. The number of nitrogens with zero attached hydrogens (tertiary/aromatic N) is 2. The van der Waals surface area contributed by atoms with Gasteiger partial charge in [0.1, 0.15) is 0 Å². The Morgan fingerprint density at radius 1 is 0.395 bits per heavy atom. The van der Waals surface area contributed by atoms with E-state index in [1.54, 1.807) is 0 Å². The van der Waals surface area contributed by atoms with Gasteiger partial charge in [0.15, 0.2) is 0 Å². The first-order valence-corrected chi connectivity index (χ1v) is 15.4. The molecule has 0 aliphatic heterocycles. The van der Waals surface area contributed by atoms with Gasteiger partial charge in [0.05, 0.1) is 11.0 Å². The molecule has 0 aliphatic carbocycles. The Morgan fingerprint density at radius 3 is 1.81 bits per heavy atom. The van der Waals surface area contributed by atoms with E-state index in [1.807, 2.05) is 35.9 Å². The number of fused-ring (bicyclic) bond motifs is 6. The average molecular weight is 563 g/mol. The SMILES string of the molecule is c1cnc2c(c1)cc(-c1ccc3sc4ccc(-c5ccc6ccc7cccc8ccc5c6c78)cc4c3c1)c1cccnc12. The lowest BCUT2D eigenvalue weighted by Gasteiger charge is -2.14. The monoisotopic (exact) mass is 562 g/mol. The van der Waals surface area contributed by atoms with Crippen molar-refractivity contribution in [1.29, 1.82) is 0 Å². The van der Waals surface area contributed by atoms with Crippen molar-refractivity contribution in [2.75, 3.05) is 0 Å². The second kappa shape index (κ2) is 8.57. The summed E-state index contributed by atoms with van der Waals surface area (Å²) in [7, 11) is 0. The van der Waals surface area contributed by atoms with Gasteiger partial charge in [-0.2, -0.15) is 0 Å². The maximum absolute atomic E-state index is 4.74. The topological polar surface area (TPSA) is 25.8 Å². The Morgan fingerprint density at radius 2 is 1.02 bits per heavy atom. The summed E-state index contributed by atoms with van der Waals surface area (Å²) in [4.78, 5) is 9.39. The third-order valence-corrected chi connectivity index (χ3v) is 10.2. The van der Waals surface area contributed by atoms with Gasteiger partial charge >= 0.3 is 0 Å². The van der Waals surface area contributed by atoms with Crippen LogP contribution in [0.3, 0.4) is 0 Å². The average Bonchev–Trinajstić information content (AvgIpc) is 3.44. The second-order valence-corrected chi connectivity index (χ2v) is 12.5. The Balaban J connectivity index is 1.21. The maximum Gasteiger partial charge on any atom is 0.0970 e. The van der Waals surface area contributed by atoms with Crippen molar-refractivity contribution < 1.29 is 0 Å². The molecular formula is C40H22N2S. The first-order chi connectivity index (χ1) is 21.3. The van der Waals surface area contributed by atoms with Crippen LogP contribution in [0.2, 0.25) is 0 Å². The molecule has 3 aromatic heterocycles. The van der Waals surface area contributed by atoms with Gasteiger partial charge in [-0.1, -0.05) is 78.9 Å². The first kappa shape index (κ1) is 23.2. The molecule has 0 N–H and O–H groups in total. The lowest BCUT2D eigenvalue weighted by atomic mass is 9.89. The second-order valence-electron chi connectivity index (χ2n) is 11.4. The first-order valence-electron chi connectivity index (χ1n) is 14.6. The zero-order chi connectivity index (χ0) is 28.1. The fourth-order valence-electron chi connectivity index (χ4n) is 7.12. The standard InChI is InChI=1S/C40H22N2S/c1-4-23-8-9-25-10-14-29(30-15-11-24(5-1)37(23)38(25)30)26-12-16-35-33(20-26)34-21-27(13-17-36(34)43-35)32-22-28-6-2-18-41-39(28)40-31(32)7-3-19-42-40/h1-22H. The van der Waals surface area contributed by atoms with Crippen molar-refractivity contribution >= 4 is 85.6 Å². The van der Waals surface area contributed by atoms with E-state index in [0.717, 1.165) is 21.8 Å². The molecule has 43 heavy (non-hydrogen) atoms. The van der Waals surface area contributed by atoms with Crippen LogP contribution in [0, 0.1) is 0 Å². The van der Waals surface area contributed by atoms with E-state index in [2.05, 4.69) is 114 Å². The minimum absolute atomic E-state index is 0.946. The highest BCUT2D eigenvalue weighted by Gasteiger charge is 2.15. The van der Waals surface area contributed by atoms with E-state index < -0.39 is 0 Å². The number of benzene rings is 7. The van der Waals surface area contributed by atoms with Crippen molar-refractivity contribution in [2.24, 2.45) is 0 Å². The summed E-state index contributed by atoms with van der Waals surface area (Å²) in [5.74, 6) is 0. The van der Waals surface area contributed by atoms with Crippen LogP contribution in [0.5, 0.6) is 0 Å². The third kappa shape index (κ3) is 3.28. The Kier molecular flexibility index (Phi) is 4.63. The predicted molar refractivity (Wildman–Crippen MR) is 185 cm³/mol. The van der Waals surface area contributed by atoms with Gasteiger partial charge in [-0.15, -0.1) is 11.3 Å². The number of aromatic nitrogens is 2. The minimum Gasteiger partial charge on any atom is -0.254 e. The van der Waals surface area contributed by atoms with Crippen LogP contribution in [-0.2, 0) is 0 Å². The predicted octanol–water partition coefficient (Wildman–Crippen LogP) is 11.4. The summed E-state index contributed by atoms with van der Waals surface area (Å²) < 4.78 is 2.61. The number of rotatable bonds is 2. The number of pyridine rings is 2. The molecule has 7 aromatic carbocycles. The van der Waals surface area contributed by atoms with Crippen LogP contribution in [0.15, 0.2) is 134 Å². The van der Waals surface area contributed by atoms with E-state index in [0.29, 0.717) is 0 Å².